The van der Waals surface area contributed by atoms with Crippen LogP contribution < -0.4 is 14.9 Å². The molecule has 150 valence electrons. The van der Waals surface area contributed by atoms with Crippen molar-refractivity contribution in [2.45, 2.75) is 6.92 Å². The number of nitrogens with one attached hydrogen (secondary N) is 1. The first-order chi connectivity index (χ1) is 14.1. The molecule has 1 heterocycles. The van der Waals surface area contributed by atoms with Crippen LogP contribution in [0.3, 0.4) is 0 Å². The van der Waals surface area contributed by atoms with E-state index in [0.29, 0.717) is 45.2 Å². The van der Waals surface area contributed by atoms with Gasteiger partial charge in [0, 0.05) is 5.56 Å². The summed E-state index contributed by atoms with van der Waals surface area (Å²) in [7, 11) is 0. The van der Waals surface area contributed by atoms with Crippen molar-refractivity contribution in [3.05, 3.63) is 70.4 Å². The van der Waals surface area contributed by atoms with Gasteiger partial charge in [0.15, 0.2) is 18.1 Å². The summed E-state index contributed by atoms with van der Waals surface area (Å²) in [6, 6.07) is 15.9. The summed E-state index contributed by atoms with van der Waals surface area (Å²) in [5.41, 5.74) is 3.05. The fourth-order valence-electron chi connectivity index (χ4n) is 2.45. The van der Waals surface area contributed by atoms with Gasteiger partial charge in [-0.25, -0.2) is 5.43 Å². The molecule has 0 atom stereocenters. The summed E-state index contributed by atoms with van der Waals surface area (Å²) in [6.45, 7) is 2.17. The van der Waals surface area contributed by atoms with Crippen LogP contribution in [0.1, 0.15) is 12.7 Å². The first-order valence-corrected chi connectivity index (χ1v) is 9.55. The lowest BCUT2D eigenvalue weighted by Gasteiger charge is -2.10. The minimum absolute atomic E-state index is 0.205. The lowest BCUT2D eigenvalue weighted by Crippen LogP contribution is -2.24. The molecular formula is C21H18Cl2N2O4. The zero-order valence-electron chi connectivity index (χ0n) is 15.5. The third kappa shape index (κ3) is 5.53. The van der Waals surface area contributed by atoms with E-state index in [1.807, 2.05) is 13.0 Å². The first-order valence-electron chi connectivity index (χ1n) is 8.79. The zero-order chi connectivity index (χ0) is 20.6. The number of carbonyl (C=O) groups excluding carboxylic acids is 1. The van der Waals surface area contributed by atoms with Gasteiger partial charge in [-0.2, -0.15) is 5.10 Å². The summed E-state index contributed by atoms with van der Waals surface area (Å²) in [5, 5.41) is 4.72. The molecule has 6 nitrogen and oxygen atoms in total. The van der Waals surface area contributed by atoms with Gasteiger partial charge in [-0.3, -0.25) is 4.79 Å². The molecular weight excluding hydrogens is 415 g/mol. The summed E-state index contributed by atoms with van der Waals surface area (Å²) in [6.07, 6.45) is 1.38. The monoisotopic (exact) mass is 432 g/mol. The second-order valence-corrected chi connectivity index (χ2v) is 6.55. The van der Waals surface area contributed by atoms with E-state index in [1.165, 1.54) is 6.21 Å². The highest BCUT2D eigenvalue weighted by atomic mass is 35.5. The number of nitrogens with zero attached hydrogens (tertiary/aromatic N) is 1. The summed E-state index contributed by atoms with van der Waals surface area (Å²) < 4.78 is 16.6. The molecule has 29 heavy (non-hydrogen) atoms. The molecule has 0 fully saturated rings. The van der Waals surface area contributed by atoms with E-state index < -0.39 is 5.91 Å². The van der Waals surface area contributed by atoms with Gasteiger partial charge >= 0.3 is 0 Å². The van der Waals surface area contributed by atoms with Crippen LogP contribution in [-0.2, 0) is 4.79 Å². The van der Waals surface area contributed by atoms with Gasteiger partial charge in [-0.05, 0) is 43.3 Å². The van der Waals surface area contributed by atoms with Crippen molar-refractivity contribution < 1.29 is 18.7 Å². The average molecular weight is 433 g/mol. The van der Waals surface area contributed by atoms with Gasteiger partial charge < -0.3 is 13.9 Å². The molecule has 0 radical (unpaired) electrons. The van der Waals surface area contributed by atoms with E-state index in [9.17, 15) is 4.79 Å². The summed E-state index contributed by atoms with van der Waals surface area (Å²) in [5.74, 6) is 1.63. The molecule has 1 N–H and O–H groups in total. The number of rotatable bonds is 8. The van der Waals surface area contributed by atoms with Gasteiger partial charge in [-0.15, -0.1) is 0 Å². The van der Waals surface area contributed by atoms with Crippen molar-refractivity contribution in [2.24, 2.45) is 5.10 Å². The third-order valence-corrected chi connectivity index (χ3v) is 4.55. The van der Waals surface area contributed by atoms with Gasteiger partial charge in [0.1, 0.15) is 11.5 Å². The first kappa shape index (κ1) is 20.8. The Balaban J connectivity index is 1.55. The largest absolute Gasteiger partial charge is 0.490 e. The molecule has 0 aliphatic carbocycles. The Kier molecular flexibility index (Phi) is 7.16. The number of benzene rings is 2. The van der Waals surface area contributed by atoms with Gasteiger partial charge in [-0.1, -0.05) is 41.4 Å². The predicted molar refractivity (Wildman–Crippen MR) is 113 cm³/mol. The number of amides is 1. The quantitative estimate of drug-likeness (QED) is 0.393. The Morgan fingerprint density at radius 2 is 1.83 bits per heavy atom. The maximum absolute atomic E-state index is 11.9. The molecule has 0 bridgehead atoms. The molecule has 0 saturated heterocycles. The van der Waals surface area contributed by atoms with Crippen LogP contribution in [0.4, 0.5) is 0 Å². The second-order valence-electron chi connectivity index (χ2n) is 5.76. The fourth-order valence-corrected chi connectivity index (χ4v) is 2.84. The van der Waals surface area contributed by atoms with Crippen LogP contribution in [0.2, 0.25) is 10.0 Å². The van der Waals surface area contributed by atoms with E-state index in [2.05, 4.69) is 10.5 Å². The van der Waals surface area contributed by atoms with Gasteiger partial charge in [0.05, 0.1) is 22.9 Å². The average Bonchev–Trinajstić information content (AvgIpc) is 3.18. The van der Waals surface area contributed by atoms with Crippen molar-refractivity contribution >= 4 is 35.3 Å². The highest BCUT2D eigenvalue weighted by molar-refractivity contribution is 6.43. The molecule has 3 aromatic rings. The van der Waals surface area contributed by atoms with Crippen LogP contribution >= 0.6 is 23.2 Å². The third-order valence-electron chi connectivity index (χ3n) is 3.73. The normalized spacial score (nSPS) is 10.9. The highest BCUT2D eigenvalue weighted by Crippen LogP contribution is 2.34. The topological polar surface area (TPSA) is 73.1 Å². The maximum atomic E-state index is 11.9. The second kappa shape index (κ2) is 10.0. The number of hydrogen-bond donors (Lipinski definition) is 1. The van der Waals surface area contributed by atoms with Gasteiger partial charge in [0.25, 0.3) is 5.91 Å². The molecule has 3 rings (SSSR count). The molecule has 8 heteroatoms. The number of para-hydroxylation sites is 2. The van der Waals surface area contributed by atoms with E-state index in [-0.39, 0.29) is 6.61 Å². The SMILES string of the molecule is CCOc1ccccc1OCC(=O)N/N=C/c1ccc(-c2cccc(Cl)c2Cl)o1. The Morgan fingerprint density at radius 1 is 1.07 bits per heavy atom. The number of hydrazone groups is 1. The maximum Gasteiger partial charge on any atom is 0.277 e. The predicted octanol–water partition coefficient (Wildman–Crippen LogP) is 5.18. The van der Waals surface area contributed by atoms with Crippen LogP contribution in [0.25, 0.3) is 11.3 Å². The molecule has 2 aromatic carbocycles. The Labute approximate surface area is 178 Å². The van der Waals surface area contributed by atoms with Gasteiger partial charge in [0.2, 0.25) is 0 Å². The van der Waals surface area contributed by atoms with E-state index in [1.54, 1.807) is 48.5 Å². The van der Waals surface area contributed by atoms with E-state index >= 15 is 0 Å². The van der Waals surface area contributed by atoms with Crippen LogP contribution in [0, 0.1) is 0 Å². The minimum atomic E-state index is -0.419. The molecule has 0 saturated carbocycles. The zero-order valence-corrected chi connectivity index (χ0v) is 17.0. The Hall–Kier alpha value is -2.96. The van der Waals surface area contributed by atoms with Crippen molar-refractivity contribution in [2.75, 3.05) is 13.2 Å². The fraction of sp³-hybridized carbons (Fsp3) is 0.143. The molecule has 0 aliphatic heterocycles. The van der Waals surface area contributed by atoms with Crippen LogP contribution in [0.5, 0.6) is 11.5 Å². The lowest BCUT2D eigenvalue weighted by molar-refractivity contribution is -0.123. The summed E-state index contributed by atoms with van der Waals surface area (Å²) >= 11 is 12.2. The van der Waals surface area contributed by atoms with Crippen LogP contribution in [0.15, 0.2) is 64.1 Å². The minimum Gasteiger partial charge on any atom is -0.490 e. The van der Waals surface area contributed by atoms with Crippen molar-refractivity contribution in [3.8, 4) is 22.8 Å². The Bertz CT molecular complexity index is 1020. The smallest absolute Gasteiger partial charge is 0.277 e. The standard InChI is InChI=1S/C21H18Cl2N2O4/c1-2-27-18-8-3-4-9-19(18)28-13-20(26)25-24-12-14-10-11-17(29-14)15-6-5-7-16(22)21(15)23/h3-12H,2,13H2,1H3,(H,25,26)/b24-12+. The van der Waals surface area contributed by atoms with Crippen molar-refractivity contribution in [3.63, 3.8) is 0 Å². The Morgan fingerprint density at radius 3 is 2.59 bits per heavy atom. The molecule has 0 spiro atoms. The van der Waals surface area contributed by atoms with Crippen molar-refractivity contribution in [1.82, 2.24) is 5.43 Å². The highest BCUT2D eigenvalue weighted by Gasteiger charge is 2.10. The van der Waals surface area contributed by atoms with E-state index in [4.69, 9.17) is 37.1 Å². The number of furan rings is 1. The molecule has 0 unspecified atom stereocenters. The number of ether oxygens (including phenoxy) is 2. The lowest BCUT2D eigenvalue weighted by atomic mass is 10.2. The number of carbonyl (C=O) groups is 1. The number of hydrogen-bond acceptors (Lipinski definition) is 5. The van der Waals surface area contributed by atoms with E-state index in [0.717, 1.165) is 0 Å². The molecule has 1 aromatic heterocycles. The van der Waals surface area contributed by atoms with Crippen molar-refractivity contribution in [1.29, 1.82) is 0 Å². The summed E-state index contributed by atoms with van der Waals surface area (Å²) in [4.78, 5) is 11.9. The number of halogens is 2. The van der Waals surface area contributed by atoms with Crippen LogP contribution in [-0.4, -0.2) is 25.3 Å². The molecule has 0 aliphatic rings. The molecule has 1 amide bonds.